The average molecular weight is 413 g/mol. The number of benzene rings is 1. The largest absolute Gasteiger partial charge is 0.337 e. The number of rotatable bonds is 7. The Hall–Kier alpha value is -3.31. The van der Waals surface area contributed by atoms with E-state index in [1.54, 1.807) is 12.4 Å². The first-order valence-corrected chi connectivity index (χ1v) is 10.7. The van der Waals surface area contributed by atoms with E-state index in [2.05, 4.69) is 45.7 Å². The highest BCUT2D eigenvalue weighted by atomic mass is 16.2. The van der Waals surface area contributed by atoms with Gasteiger partial charge in [0.25, 0.3) is 0 Å². The van der Waals surface area contributed by atoms with E-state index in [1.807, 2.05) is 47.5 Å². The van der Waals surface area contributed by atoms with Crippen LogP contribution in [0.4, 0.5) is 0 Å². The molecule has 0 N–H and O–H groups in total. The Bertz CT molecular complexity index is 989. The minimum absolute atomic E-state index is 0.0852. The van der Waals surface area contributed by atoms with Crippen molar-refractivity contribution < 1.29 is 4.79 Å². The summed E-state index contributed by atoms with van der Waals surface area (Å²) in [5.41, 5.74) is 4.51. The zero-order valence-corrected chi connectivity index (χ0v) is 17.7. The van der Waals surface area contributed by atoms with E-state index in [0.29, 0.717) is 6.54 Å². The van der Waals surface area contributed by atoms with E-state index < -0.39 is 0 Å². The molecule has 5 nitrogen and oxygen atoms in total. The molecule has 0 spiro atoms. The van der Waals surface area contributed by atoms with Crippen LogP contribution < -0.4 is 0 Å². The molecule has 0 aliphatic carbocycles. The predicted molar refractivity (Wildman–Crippen MR) is 123 cm³/mol. The normalized spacial score (nSPS) is 17.4. The second-order valence-corrected chi connectivity index (χ2v) is 7.96. The molecule has 1 saturated heterocycles. The molecule has 2 aromatic heterocycles. The Morgan fingerprint density at radius 2 is 1.74 bits per heavy atom. The van der Waals surface area contributed by atoms with Crippen molar-refractivity contribution in [2.45, 2.75) is 13.0 Å². The van der Waals surface area contributed by atoms with Gasteiger partial charge in [0, 0.05) is 51.3 Å². The molecule has 3 heterocycles. The van der Waals surface area contributed by atoms with Crippen LogP contribution in [0.2, 0.25) is 0 Å². The molecule has 1 amide bonds. The number of aromatic nitrogens is 2. The second-order valence-electron chi connectivity index (χ2n) is 7.96. The zero-order chi connectivity index (χ0) is 21.5. The highest BCUT2D eigenvalue weighted by Crippen LogP contribution is 2.22. The fraction of sp³-hybridized carbons (Fsp3) is 0.269. The summed E-state index contributed by atoms with van der Waals surface area (Å²) >= 11 is 0. The summed E-state index contributed by atoms with van der Waals surface area (Å²) in [7, 11) is 0. The van der Waals surface area contributed by atoms with Gasteiger partial charge < -0.3 is 4.90 Å². The quantitative estimate of drug-likeness (QED) is 0.554. The molecule has 158 valence electrons. The van der Waals surface area contributed by atoms with Gasteiger partial charge in [0.1, 0.15) is 0 Å². The van der Waals surface area contributed by atoms with Crippen molar-refractivity contribution in [1.29, 1.82) is 0 Å². The second kappa shape index (κ2) is 10.1. The number of hydrogen-bond donors (Lipinski definition) is 0. The minimum Gasteiger partial charge on any atom is -0.337 e. The summed E-state index contributed by atoms with van der Waals surface area (Å²) in [6.07, 6.45) is 7.97. The molecule has 31 heavy (non-hydrogen) atoms. The molecule has 0 unspecified atom stereocenters. The highest BCUT2D eigenvalue weighted by molar-refractivity contribution is 5.80. The maximum absolute atomic E-state index is 13.3. The van der Waals surface area contributed by atoms with E-state index in [9.17, 15) is 4.79 Å². The van der Waals surface area contributed by atoms with Gasteiger partial charge in [0.2, 0.25) is 5.91 Å². The Labute approximate surface area is 184 Å². The number of hydrogen-bond acceptors (Lipinski definition) is 4. The van der Waals surface area contributed by atoms with Crippen molar-refractivity contribution in [2.75, 3.05) is 26.2 Å². The van der Waals surface area contributed by atoms with Crippen molar-refractivity contribution in [3.8, 4) is 11.1 Å². The molecule has 0 saturated carbocycles. The fourth-order valence-corrected chi connectivity index (χ4v) is 4.13. The Morgan fingerprint density at radius 1 is 0.968 bits per heavy atom. The predicted octanol–water partition coefficient (Wildman–Crippen LogP) is 3.83. The van der Waals surface area contributed by atoms with Crippen LogP contribution in [-0.2, 0) is 17.8 Å². The van der Waals surface area contributed by atoms with Crippen LogP contribution in [0, 0.1) is 5.92 Å². The maximum Gasteiger partial charge on any atom is 0.227 e. The van der Waals surface area contributed by atoms with Gasteiger partial charge in [-0.15, -0.1) is 6.58 Å². The van der Waals surface area contributed by atoms with Crippen LogP contribution >= 0.6 is 0 Å². The average Bonchev–Trinajstić information content (AvgIpc) is 2.95. The Balaban J connectivity index is 1.50. The van der Waals surface area contributed by atoms with Crippen LogP contribution in [0.1, 0.15) is 11.3 Å². The van der Waals surface area contributed by atoms with Gasteiger partial charge in [0.15, 0.2) is 0 Å². The van der Waals surface area contributed by atoms with Crippen LogP contribution in [0.3, 0.4) is 0 Å². The minimum atomic E-state index is -0.0852. The van der Waals surface area contributed by atoms with E-state index >= 15 is 0 Å². The highest BCUT2D eigenvalue weighted by Gasteiger charge is 2.30. The molecule has 0 radical (unpaired) electrons. The molecule has 0 bridgehead atoms. The monoisotopic (exact) mass is 412 g/mol. The topological polar surface area (TPSA) is 49.3 Å². The molecular weight excluding hydrogens is 384 g/mol. The van der Waals surface area contributed by atoms with Gasteiger partial charge in [0.05, 0.1) is 11.6 Å². The number of carbonyl (C=O) groups is 1. The maximum atomic E-state index is 13.3. The van der Waals surface area contributed by atoms with Crippen LogP contribution in [-0.4, -0.2) is 51.9 Å². The van der Waals surface area contributed by atoms with Gasteiger partial charge in [-0.1, -0.05) is 36.4 Å². The van der Waals surface area contributed by atoms with Gasteiger partial charge >= 0.3 is 0 Å². The molecule has 1 aromatic carbocycles. The molecule has 5 heteroatoms. The van der Waals surface area contributed by atoms with Gasteiger partial charge in [-0.25, -0.2) is 0 Å². The fourth-order valence-electron chi connectivity index (χ4n) is 4.13. The van der Waals surface area contributed by atoms with Crippen molar-refractivity contribution in [3.05, 3.63) is 97.1 Å². The van der Waals surface area contributed by atoms with E-state index in [-0.39, 0.29) is 11.8 Å². The summed E-state index contributed by atoms with van der Waals surface area (Å²) < 4.78 is 0. The van der Waals surface area contributed by atoms with E-state index in [0.717, 1.165) is 49.4 Å². The van der Waals surface area contributed by atoms with E-state index in [1.165, 1.54) is 5.56 Å². The SMILES string of the molecule is C=CCN1CCN(Cc2ccccn2)C[C@H](Cc2ccc(-c3ccncc3)cc2)C1=O. The number of nitrogens with zero attached hydrogens (tertiary/aromatic N) is 4. The van der Waals surface area contributed by atoms with Crippen LogP contribution in [0.5, 0.6) is 0 Å². The number of pyridine rings is 2. The summed E-state index contributed by atoms with van der Waals surface area (Å²) in [6, 6.07) is 18.5. The van der Waals surface area contributed by atoms with Crippen LogP contribution in [0.15, 0.2) is 85.8 Å². The third-order valence-corrected chi connectivity index (χ3v) is 5.74. The summed E-state index contributed by atoms with van der Waals surface area (Å²) in [4.78, 5) is 26.1. The van der Waals surface area contributed by atoms with Gasteiger partial charge in [-0.05, 0) is 47.4 Å². The summed E-state index contributed by atoms with van der Waals surface area (Å²) in [6.45, 7) is 7.47. The van der Waals surface area contributed by atoms with Crippen molar-refractivity contribution in [3.63, 3.8) is 0 Å². The standard InChI is InChI=1S/C26H28N4O/c1-2-15-30-17-16-29(20-25-5-3-4-12-28-25)19-24(26(30)31)18-21-6-8-22(9-7-21)23-10-13-27-14-11-23/h2-14,24H,1,15-20H2/t24-/m0/s1. The summed E-state index contributed by atoms with van der Waals surface area (Å²) in [5.74, 6) is 0.125. The van der Waals surface area contributed by atoms with Gasteiger partial charge in [-0.3, -0.25) is 19.7 Å². The Morgan fingerprint density at radius 3 is 2.45 bits per heavy atom. The molecule has 3 aromatic rings. The molecule has 1 aliphatic heterocycles. The molecular formula is C26H28N4O. The smallest absolute Gasteiger partial charge is 0.227 e. The molecule has 1 atom stereocenters. The lowest BCUT2D eigenvalue weighted by atomic mass is 9.95. The third kappa shape index (κ3) is 5.44. The van der Waals surface area contributed by atoms with E-state index in [4.69, 9.17) is 0 Å². The zero-order valence-electron chi connectivity index (χ0n) is 17.7. The van der Waals surface area contributed by atoms with Gasteiger partial charge in [-0.2, -0.15) is 0 Å². The number of amides is 1. The van der Waals surface area contributed by atoms with Crippen molar-refractivity contribution in [2.24, 2.45) is 5.92 Å². The third-order valence-electron chi connectivity index (χ3n) is 5.74. The number of carbonyl (C=O) groups excluding carboxylic acids is 1. The first-order valence-electron chi connectivity index (χ1n) is 10.7. The molecule has 1 fully saturated rings. The summed E-state index contributed by atoms with van der Waals surface area (Å²) in [5, 5.41) is 0. The lowest BCUT2D eigenvalue weighted by molar-refractivity contribution is -0.134. The molecule has 4 rings (SSSR count). The Kier molecular flexibility index (Phi) is 6.85. The lowest BCUT2D eigenvalue weighted by Gasteiger charge is -2.23. The van der Waals surface area contributed by atoms with Crippen molar-refractivity contribution in [1.82, 2.24) is 19.8 Å². The molecule has 1 aliphatic rings. The van der Waals surface area contributed by atoms with Crippen molar-refractivity contribution >= 4 is 5.91 Å². The first-order chi connectivity index (χ1) is 15.2. The lowest BCUT2D eigenvalue weighted by Crippen LogP contribution is -2.37. The first kappa shape index (κ1) is 20.9. The van der Waals surface area contributed by atoms with Crippen LogP contribution in [0.25, 0.3) is 11.1 Å².